The van der Waals surface area contributed by atoms with Gasteiger partial charge in [0.15, 0.2) is 0 Å². The molecule has 3 aliphatic rings. The van der Waals surface area contributed by atoms with Crippen LogP contribution in [0.5, 0.6) is 11.5 Å². The van der Waals surface area contributed by atoms with Crippen molar-refractivity contribution in [3.05, 3.63) is 86.4 Å². The van der Waals surface area contributed by atoms with E-state index in [1.165, 1.54) is 23.3 Å². The molecule has 0 atom stereocenters. The maximum atomic E-state index is 12.4. The van der Waals surface area contributed by atoms with Crippen molar-refractivity contribution >= 4 is 23.2 Å². The van der Waals surface area contributed by atoms with Gasteiger partial charge in [0.05, 0.1) is 17.2 Å². The lowest BCUT2D eigenvalue weighted by atomic mass is 9.86. The van der Waals surface area contributed by atoms with Crippen LogP contribution in [0.3, 0.4) is 0 Å². The summed E-state index contributed by atoms with van der Waals surface area (Å²) in [4.78, 5) is 26.5. The first-order valence-corrected chi connectivity index (χ1v) is 13.4. The van der Waals surface area contributed by atoms with E-state index in [4.69, 9.17) is 4.74 Å². The molecule has 0 unspecified atom stereocenters. The predicted octanol–water partition coefficient (Wildman–Crippen LogP) is 3.67. The monoisotopic (exact) mass is 511 g/mol. The van der Waals surface area contributed by atoms with Crippen LogP contribution in [0, 0.1) is 0 Å². The fraction of sp³-hybridized carbons (Fsp3) is 0.323. The summed E-state index contributed by atoms with van der Waals surface area (Å²) in [5, 5.41) is 21.7. The van der Waals surface area contributed by atoms with Crippen LogP contribution >= 0.6 is 0 Å². The molecule has 0 amide bonds. The number of carboxylic acid groups (broad SMARTS) is 2. The lowest BCUT2D eigenvalue weighted by molar-refractivity contribution is 0.0695. The number of hydrogen-bond donors (Lipinski definition) is 2. The molecule has 38 heavy (non-hydrogen) atoms. The van der Waals surface area contributed by atoms with Crippen molar-refractivity contribution < 1.29 is 24.5 Å². The molecule has 194 valence electrons. The van der Waals surface area contributed by atoms with Gasteiger partial charge in [0.25, 0.3) is 0 Å². The van der Waals surface area contributed by atoms with Gasteiger partial charge < -0.3 is 19.8 Å². The van der Waals surface area contributed by atoms with Crippen LogP contribution in [0.15, 0.2) is 42.5 Å². The second kappa shape index (κ2) is 9.31. The van der Waals surface area contributed by atoms with E-state index in [0.29, 0.717) is 17.1 Å². The van der Waals surface area contributed by atoms with E-state index in [1.54, 1.807) is 6.07 Å². The van der Waals surface area contributed by atoms with Crippen molar-refractivity contribution in [3.8, 4) is 11.5 Å². The number of benzene rings is 3. The fourth-order valence-electron chi connectivity index (χ4n) is 6.22. The third-order valence-electron chi connectivity index (χ3n) is 8.08. The van der Waals surface area contributed by atoms with Gasteiger partial charge >= 0.3 is 11.9 Å². The first kappa shape index (κ1) is 24.2. The Kier molecular flexibility index (Phi) is 5.94. The van der Waals surface area contributed by atoms with E-state index in [1.807, 2.05) is 0 Å². The molecule has 0 radical (unpaired) electrons. The lowest BCUT2D eigenvalue weighted by Gasteiger charge is -2.32. The zero-order valence-corrected chi connectivity index (χ0v) is 21.7. The number of carbonyl (C=O) groups is 2. The smallest absolute Gasteiger partial charge is 0.336 e. The topological polar surface area (TPSA) is 90.1 Å². The van der Waals surface area contributed by atoms with Crippen molar-refractivity contribution in [1.29, 1.82) is 0 Å². The highest BCUT2D eigenvalue weighted by molar-refractivity contribution is 6.01. The predicted molar refractivity (Wildman–Crippen MR) is 145 cm³/mol. The van der Waals surface area contributed by atoms with Gasteiger partial charge in [-0.1, -0.05) is 6.07 Å². The van der Waals surface area contributed by atoms with E-state index in [2.05, 4.69) is 47.6 Å². The summed E-state index contributed by atoms with van der Waals surface area (Å²) in [6, 6.07) is 12.9. The number of anilines is 1. The van der Waals surface area contributed by atoms with Crippen molar-refractivity contribution in [2.24, 2.45) is 0 Å². The summed E-state index contributed by atoms with van der Waals surface area (Å²) in [5.41, 5.74) is 5.65. The van der Waals surface area contributed by atoms with Crippen LogP contribution in [0.25, 0.3) is 5.57 Å². The summed E-state index contributed by atoms with van der Waals surface area (Å²) in [7, 11) is 0. The Hall–Kier alpha value is -4.13. The van der Waals surface area contributed by atoms with Crippen molar-refractivity contribution in [2.45, 2.75) is 39.5 Å². The van der Waals surface area contributed by atoms with Crippen LogP contribution in [0.2, 0.25) is 0 Å². The standard InChI is InChI=1S/C31H30N2O5/c1-3-32-11-5-7-18-13-23-27(16-25(18)32)38-28-17-26-19(8-6-12-33(26)4-2)14-24(28)29(23)21-10-9-20(30(34)35)15-22(21)31(36)37/h9-10,13-17H,3-8,11-12H2,1-2H3,(H-,34,35,36,37)/p+1. The minimum atomic E-state index is -1.16. The Labute approximate surface area is 220 Å². The van der Waals surface area contributed by atoms with Crippen LogP contribution < -0.4 is 24.8 Å². The third kappa shape index (κ3) is 3.85. The molecule has 3 aromatic rings. The molecule has 0 aliphatic carbocycles. The Morgan fingerprint density at radius 3 is 2.47 bits per heavy atom. The molecule has 3 heterocycles. The number of carboxylic acids is 2. The summed E-state index contributed by atoms with van der Waals surface area (Å²) < 4.78 is 8.95. The summed E-state index contributed by atoms with van der Waals surface area (Å²) in [6.07, 6.45) is 4.00. The van der Waals surface area contributed by atoms with Gasteiger partial charge in [-0.3, -0.25) is 0 Å². The molecule has 3 aromatic carbocycles. The van der Waals surface area contributed by atoms with Gasteiger partial charge in [-0.15, -0.1) is 0 Å². The van der Waals surface area contributed by atoms with Crippen molar-refractivity contribution in [2.75, 3.05) is 31.1 Å². The lowest BCUT2D eigenvalue weighted by Crippen LogP contribution is -2.39. The molecule has 7 nitrogen and oxygen atoms in total. The third-order valence-corrected chi connectivity index (χ3v) is 8.08. The fourth-order valence-corrected chi connectivity index (χ4v) is 6.22. The number of rotatable bonds is 5. The molecule has 0 spiro atoms. The average molecular weight is 512 g/mol. The molecule has 0 saturated heterocycles. The molecule has 0 saturated carbocycles. The number of ether oxygens (including phenoxy) is 1. The minimum Gasteiger partial charge on any atom is -0.478 e. The van der Waals surface area contributed by atoms with Crippen LogP contribution in [0.4, 0.5) is 5.69 Å². The molecule has 0 bridgehead atoms. The van der Waals surface area contributed by atoms with Crippen LogP contribution in [-0.2, 0) is 12.8 Å². The van der Waals surface area contributed by atoms with Gasteiger partial charge in [-0.2, -0.15) is 0 Å². The number of aryl methyl sites for hydroxylation is 2. The van der Waals surface area contributed by atoms with Crippen molar-refractivity contribution in [1.82, 2.24) is 4.58 Å². The molecule has 0 fully saturated rings. The zero-order chi connectivity index (χ0) is 26.6. The largest absolute Gasteiger partial charge is 0.478 e. The Balaban J connectivity index is 1.72. The number of hydrogen-bond acceptors (Lipinski definition) is 4. The van der Waals surface area contributed by atoms with Gasteiger partial charge in [-0.05, 0) is 68.5 Å². The zero-order valence-electron chi connectivity index (χ0n) is 21.7. The highest BCUT2D eigenvalue weighted by atomic mass is 16.5. The van der Waals surface area contributed by atoms with E-state index in [0.717, 1.165) is 79.3 Å². The summed E-state index contributed by atoms with van der Waals surface area (Å²) in [5.74, 6) is -0.914. The molecular formula is C31H31N2O5+. The SMILES string of the molecule is CCN1CCCc2cc3c(cc21)Oc1cc2c(cc1=C3c1ccc(C(=O)O)cc1C(=O)O)CCC[N+]=2CC. The molecule has 6 rings (SSSR count). The van der Waals surface area contributed by atoms with E-state index in [9.17, 15) is 19.8 Å². The molecule has 2 N–H and O–H groups in total. The van der Waals surface area contributed by atoms with Gasteiger partial charge in [0.2, 0.25) is 5.36 Å². The molecule has 7 heteroatoms. The normalized spacial score (nSPS) is 15.7. The van der Waals surface area contributed by atoms with Crippen molar-refractivity contribution in [3.63, 3.8) is 0 Å². The Morgan fingerprint density at radius 2 is 1.74 bits per heavy atom. The first-order valence-electron chi connectivity index (χ1n) is 13.4. The van der Waals surface area contributed by atoms with Crippen LogP contribution in [0.1, 0.15) is 69.7 Å². The maximum absolute atomic E-state index is 12.4. The quantitative estimate of drug-likeness (QED) is 0.398. The Morgan fingerprint density at radius 1 is 0.921 bits per heavy atom. The van der Waals surface area contributed by atoms with E-state index in [-0.39, 0.29) is 11.1 Å². The second-order valence-corrected chi connectivity index (χ2v) is 10.2. The molecule has 3 aliphatic heterocycles. The van der Waals surface area contributed by atoms with Crippen LogP contribution in [-0.4, -0.2) is 48.3 Å². The highest BCUT2D eigenvalue weighted by Crippen LogP contribution is 2.42. The van der Waals surface area contributed by atoms with E-state index < -0.39 is 11.9 Å². The molecular weight excluding hydrogens is 480 g/mol. The number of fused-ring (bicyclic) bond motifs is 4. The van der Waals surface area contributed by atoms with Gasteiger partial charge in [0, 0.05) is 53.2 Å². The molecule has 0 aromatic heterocycles. The average Bonchev–Trinajstić information content (AvgIpc) is 2.92. The van der Waals surface area contributed by atoms with E-state index >= 15 is 0 Å². The summed E-state index contributed by atoms with van der Waals surface area (Å²) >= 11 is 0. The van der Waals surface area contributed by atoms with Gasteiger partial charge in [-0.25, -0.2) is 14.2 Å². The minimum absolute atomic E-state index is 0.0282. The second-order valence-electron chi connectivity index (χ2n) is 10.2. The number of nitrogens with zero attached hydrogens (tertiary/aromatic N) is 2. The maximum Gasteiger partial charge on any atom is 0.336 e. The van der Waals surface area contributed by atoms with Gasteiger partial charge in [0.1, 0.15) is 24.6 Å². The Bertz CT molecular complexity index is 1640. The highest BCUT2D eigenvalue weighted by Gasteiger charge is 2.29. The summed E-state index contributed by atoms with van der Waals surface area (Å²) in [6.45, 7) is 8.09. The number of aromatic carboxylic acids is 2. The first-order chi connectivity index (χ1) is 18.4.